The zero-order valence-electron chi connectivity index (χ0n) is 15.5. The van der Waals surface area contributed by atoms with E-state index < -0.39 is 17.7 Å². The molecule has 2 fully saturated rings. The van der Waals surface area contributed by atoms with Crippen LogP contribution >= 0.6 is 0 Å². The van der Waals surface area contributed by atoms with Crippen molar-refractivity contribution in [2.75, 3.05) is 44.8 Å². The molecular formula is C19H24N2O6. The molecule has 0 saturated carbocycles. The summed E-state index contributed by atoms with van der Waals surface area (Å²) in [7, 11) is 0. The lowest BCUT2D eigenvalue weighted by atomic mass is 10.2. The minimum Gasteiger partial charge on any atom is -0.490 e. The van der Waals surface area contributed by atoms with Crippen LogP contribution in [0.3, 0.4) is 0 Å². The highest BCUT2D eigenvalue weighted by molar-refractivity contribution is 6.15. The minimum atomic E-state index is -1.26. The number of carbonyl (C=O) groups is 2. The highest BCUT2D eigenvalue weighted by atomic mass is 16.7. The van der Waals surface area contributed by atoms with Gasteiger partial charge in [0.2, 0.25) is 0 Å². The van der Waals surface area contributed by atoms with Crippen LogP contribution in [0.2, 0.25) is 0 Å². The Morgan fingerprint density at radius 2 is 1.81 bits per heavy atom. The van der Waals surface area contributed by atoms with Gasteiger partial charge in [0.25, 0.3) is 5.79 Å². The molecule has 2 saturated heterocycles. The van der Waals surface area contributed by atoms with E-state index in [2.05, 4.69) is 10.2 Å². The zero-order valence-corrected chi connectivity index (χ0v) is 15.5. The van der Waals surface area contributed by atoms with Gasteiger partial charge in [-0.1, -0.05) is 12.1 Å². The normalized spacial score (nSPS) is 19.9. The number of benzene rings is 1. The summed E-state index contributed by atoms with van der Waals surface area (Å²) >= 11 is 0. The predicted octanol–water partition coefficient (Wildman–Crippen LogP) is 1.53. The smallest absolute Gasteiger partial charge is 0.350 e. The van der Waals surface area contributed by atoms with E-state index >= 15 is 0 Å². The Morgan fingerprint density at radius 1 is 1.15 bits per heavy atom. The van der Waals surface area contributed by atoms with Gasteiger partial charge in [0.05, 0.1) is 18.9 Å². The number of para-hydroxylation sites is 2. The first-order chi connectivity index (χ1) is 12.9. The lowest BCUT2D eigenvalue weighted by molar-refractivity contribution is -0.222. The number of nitrogens with one attached hydrogen (secondary N) is 1. The molecular weight excluding hydrogens is 352 g/mol. The molecule has 0 amide bonds. The van der Waals surface area contributed by atoms with E-state index in [0.29, 0.717) is 18.0 Å². The van der Waals surface area contributed by atoms with Crippen LogP contribution in [-0.4, -0.2) is 62.1 Å². The predicted molar refractivity (Wildman–Crippen MR) is 97.2 cm³/mol. The van der Waals surface area contributed by atoms with Crippen LogP contribution in [0, 0.1) is 0 Å². The number of carbonyl (C=O) groups excluding carboxylic acids is 2. The largest absolute Gasteiger partial charge is 0.490 e. The van der Waals surface area contributed by atoms with E-state index in [1.54, 1.807) is 6.07 Å². The van der Waals surface area contributed by atoms with Crippen molar-refractivity contribution in [3.05, 3.63) is 36.0 Å². The van der Waals surface area contributed by atoms with Gasteiger partial charge in [-0.25, -0.2) is 9.59 Å². The molecule has 0 radical (unpaired) electrons. The first-order valence-electron chi connectivity index (χ1n) is 8.90. The van der Waals surface area contributed by atoms with Crippen molar-refractivity contribution in [3.8, 4) is 5.75 Å². The number of nitrogens with zero attached hydrogens (tertiary/aromatic N) is 1. The molecule has 0 aromatic heterocycles. The van der Waals surface area contributed by atoms with Gasteiger partial charge >= 0.3 is 11.9 Å². The highest BCUT2D eigenvalue weighted by Crippen LogP contribution is 2.26. The maximum absolute atomic E-state index is 12.0. The summed E-state index contributed by atoms with van der Waals surface area (Å²) in [5.74, 6) is -2.09. The standard InChI is InChI=1S/C19H24N2O6/c1-19(2)26-17(22)14(18(23)27-19)13-20-15-5-3-4-6-16(15)25-12-9-21-7-10-24-11-8-21/h3-6,13,20H,7-12H2,1-2H3. The Labute approximate surface area is 158 Å². The molecule has 0 spiro atoms. The molecule has 1 N–H and O–H groups in total. The van der Waals surface area contributed by atoms with Crippen LogP contribution < -0.4 is 10.1 Å². The van der Waals surface area contributed by atoms with E-state index in [4.69, 9.17) is 18.9 Å². The second-order valence-corrected chi connectivity index (χ2v) is 6.68. The lowest BCUT2D eigenvalue weighted by Crippen LogP contribution is -2.42. The van der Waals surface area contributed by atoms with Crippen molar-refractivity contribution in [1.82, 2.24) is 4.90 Å². The maximum atomic E-state index is 12.0. The van der Waals surface area contributed by atoms with Gasteiger partial charge in [0.15, 0.2) is 5.57 Å². The lowest BCUT2D eigenvalue weighted by Gasteiger charge is -2.29. The van der Waals surface area contributed by atoms with Crippen molar-refractivity contribution >= 4 is 17.6 Å². The number of anilines is 1. The zero-order chi connectivity index (χ0) is 19.3. The molecule has 2 heterocycles. The average molecular weight is 376 g/mol. The molecule has 146 valence electrons. The topological polar surface area (TPSA) is 86.3 Å². The molecule has 27 heavy (non-hydrogen) atoms. The summed E-state index contributed by atoms with van der Waals surface area (Å²) in [4.78, 5) is 26.3. The monoisotopic (exact) mass is 376 g/mol. The van der Waals surface area contributed by atoms with Gasteiger partial charge in [-0.3, -0.25) is 4.90 Å². The van der Waals surface area contributed by atoms with Gasteiger partial charge in [-0.15, -0.1) is 0 Å². The fourth-order valence-corrected chi connectivity index (χ4v) is 2.75. The number of cyclic esters (lactones) is 2. The first-order valence-corrected chi connectivity index (χ1v) is 8.90. The van der Waals surface area contributed by atoms with Crippen LogP contribution in [0.4, 0.5) is 5.69 Å². The van der Waals surface area contributed by atoms with Crippen LogP contribution in [0.1, 0.15) is 13.8 Å². The minimum absolute atomic E-state index is 0.197. The number of hydrogen-bond acceptors (Lipinski definition) is 8. The SMILES string of the molecule is CC1(C)OC(=O)C(=CNc2ccccc2OCCN2CCOCC2)C(=O)O1. The molecule has 0 bridgehead atoms. The molecule has 1 aromatic rings. The third-order valence-electron chi connectivity index (χ3n) is 4.14. The molecule has 8 nitrogen and oxygen atoms in total. The summed E-state index contributed by atoms with van der Waals surface area (Å²) in [5.41, 5.74) is 0.440. The fourth-order valence-electron chi connectivity index (χ4n) is 2.75. The molecule has 2 aliphatic rings. The molecule has 2 aliphatic heterocycles. The van der Waals surface area contributed by atoms with Crippen LogP contribution in [0.25, 0.3) is 0 Å². The van der Waals surface area contributed by atoms with E-state index in [1.807, 2.05) is 18.2 Å². The van der Waals surface area contributed by atoms with Crippen molar-refractivity contribution < 1.29 is 28.5 Å². The molecule has 1 aromatic carbocycles. The van der Waals surface area contributed by atoms with E-state index in [0.717, 1.165) is 32.8 Å². The molecule has 0 unspecified atom stereocenters. The summed E-state index contributed by atoms with van der Waals surface area (Å²) in [6, 6.07) is 7.30. The molecule has 8 heteroatoms. The van der Waals surface area contributed by atoms with E-state index in [9.17, 15) is 9.59 Å². The van der Waals surface area contributed by atoms with Gasteiger partial charge in [-0.05, 0) is 12.1 Å². The Morgan fingerprint density at radius 3 is 2.52 bits per heavy atom. The van der Waals surface area contributed by atoms with Crippen molar-refractivity contribution in [2.24, 2.45) is 0 Å². The van der Waals surface area contributed by atoms with Crippen LogP contribution in [-0.2, 0) is 23.8 Å². The summed E-state index contributed by atoms with van der Waals surface area (Å²) in [5, 5.41) is 2.94. The third kappa shape index (κ3) is 5.21. The van der Waals surface area contributed by atoms with Gasteiger partial charge in [0.1, 0.15) is 12.4 Å². The van der Waals surface area contributed by atoms with Gasteiger partial charge < -0.3 is 24.3 Å². The Balaban J connectivity index is 1.60. The first kappa shape index (κ1) is 19.2. The average Bonchev–Trinajstić information content (AvgIpc) is 2.62. The number of esters is 2. The number of ether oxygens (including phenoxy) is 4. The second-order valence-electron chi connectivity index (χ2n) is 6.68. The van der Waals surface area contributed by atoms with Crippen molar-refractivity contribution in [3.63, 3.8) is 0 Å². The molecule has 3 rings (SSSR count). The summed E-state index contributed by atoms with van der Waals surface area (Å²) in [6.07, 6.45) is 1.28. The molecule has 0 aliphatic carbocycles. The quantitative estimate of drug-likeness (QED) is 0.454. The van der Waals surface area contributed by atoms with Crippen molar-refractivity contribution in [1.29, 1.82) is 0 Å². The van der Waals surface area contributed by atoms with E-state index in [-0.39, 0.29) is 5.57 Å². The highest BCUT2D eigenvalue weighted by Gasteiger charge is 2.38. The number of hydrogen-bond donors (Lipinski definition) is 1. The van der Waals surface area contributed by atoms with E-state index in [1.165, 1.54) is 20.0 Å². The summed E-state index contributed by atoms with van der Waals surface area (Å²) < 4.78 is 21.3. The van der Waals surface area contributed by atoms with Crippen LogP contribution in [0.15, 0.2) is 36.0 Å². The Bertz CT molecular complexity index is 703. The Hall–Kier alpha value is -2.58. The third-order valence-corrected chi connectivity index (χ3v) is 4.14. The fraction of sp³-hybridized carbons (Fsp3) is 0.474. The van der Waals surface area contributed by atoms with Gasteiger partial charge in [0, 0.05) is 39.7 Å². The molecule has 0 atom stereocenters. The van der Waals surface area contributed by atoms with Crippen molar-refractivity contribution in [2.45, 2.75) is 19.6 Å². The summed E-state index contributed by atoms with van der Waals surface area (Å²) in [6.45, 7) is 7.62. The maximum Gasteiger partial charge on any atom is 0.350 e. The number of morpholine rings is 1. The van der Waals surface area contributed by atoms with Gasteiger partial charge in [-0.2, -0.15) is 0 Å². The number of rotatable bonds is 6. The van der Waals surface area contributed by atoms with Crippen LogP contribution in [0.5, 0.6) is 5.75 Å². The Kier molecular flexibility index (Phi) is 5.98. The second kappa shape index (κ2) is 8.41.